The summed E-state index contributed by atoms with van der Waals surface area (Å²) in [4.78, 5) is 12.5. The highest BCUT2D eigenvalue weighted by Gasteiger charge is 2.02. The number of nitrogens with one attached hydrogen (secondary N) is 1. The Morgan fingerprint density at radius 2 is 2.33 bits per heavy atom. The van der Waals surface area contributed by atoms with E-state index in [0.29, 0.717) is 13.0 Å². The average molecular weight is 192 g/mol. The van der Waals surface area contributed by atoms with Gasteiger partial charge in [-0.1, -0.05) is 0 Å². The number of hydrogen-bond acceptors (Lipinski definition) is 3. The van der Waals surface area contributed by atoms with Gasteiger partial charge in [0.1, 0.15) is 0 Å². The van der Waals surface area contributed by atoms with E-state index >= 15 is 0 Å². The molecule has 0 aromatic rings. The summed E-state index contributed by atoms with van der Waals surface area (Å²) in [5.74, 6) is 7.16. The van der Waals surface area contributed by atoms with E-state index in [9.17, 15) is 4.79 Å². The SMILES string of the molecule is C#CCCN(C)CC(=O)NN.Cl. The van der Waals surface area contributed by atoms with Crippen LogP contribution in [-0.4, -0.2) is 30.9 Å². The highest BCUT2D eigenvalue weighted by Crippen LogP contribution is 1.84. The lowest BCUT2D eigenvalue weighted by Crippen LogP contribution is -2.39. The number of hydrazine groups is 1. The van der Waals surface area contributed by atoms with Crippen LogP contribution in [0.1, 0.15) is 6.42 Å². The van der Waals surface area contributed by atoms with Crippen molar-refractivity contribution in [3.63, 3.8) is 0 Å². The van der Waals surface area contributed by atoms with E-state index < -0.39 is 0 Å². The van der Waals surface area contributed by atoms with Gasteiger partial charge in [-0.15, -0.1) is 24.8 Å². The number of carbonyl (C=O) groups is 1. The number of amides is 1. The van der Waals surface area contributed by atoms with Crippen molar-refractivity contribution in [2.24, 2.45) is 5.84 Å². The van der Waals surface area contributed by atoms with Gasteiger partial charge in [-0.3, -0.25) is 15.1 Å². The molecule has 4 nitrogen and oxygen atoms in total. The number of nitrogens with two attached hydrogens (primary N) is 1. The third kappa shape index (κ3) is 7.35. The molecule has 0 spiro atoms. The zero-order valence-corrected chi connectivity index (χ0v) is 7.86. The Morgan fingerprint density at radius 1 is 1.75 bits per heavy atom. The van der Waals surface area contributed by atoms with Crippen LogP contribution < -0.4 is 11.3 Å². The van der Waals surface area contributed by atoms with Gasteiger partial charge < -0.3 is 0 Å². The number of likely N-dealkylation sites (N-methyl/N-ethyl adjacent to an activating group) is 1. The smallest absolute Gasteiger partial charge is 0.248 e. The number of nitrogens with zero attached hydrogens (tertiary/aromatic N) is 1. The van der Waals surface area contributed by atoms with Crippen LogP contribution in [-0.2, 0) is 4.79 Å². The Hall–Kier alpha value is -0.760. The van der Waals surface area contributed by atoms with E-state index in [0.717, 1.165) is 0 Å². The van der Waals surface area contributed by atoms with Crippen LogP contribution in [0.25, 0.3) is 0 Å². The zero-order valence-electron chi connectivity index (χ0n) is 7.04. The quantitative estimate of drug-likeness (QED) is 0.269. The van der Waals surface area contributed by atoms with Gasteiger partial charge in [0.2, 0.25) is 5.91 Å². The van der Waals surface area contributed by atoms with Crippen molar-refractivity contribution in [1.82, 2.24) is 10.3 Å². The molecule has 0 aromatic heterocycles. The third-order valence-corrected chi connectivity index (χ3v) is 1.21. The van der Waals surface area contributed by atoms with Gasteiger partial charge in [0.25, 0.3) is 0 Å². The molecule has 0 fully saturated rings. The van der Waals surface area contributed by atoms with Crippen molar-refractivity contribution in [3.05, 3.63) is 0 Å². The Bertz CT molecular complexity index is 167. The van der Waals surface area contributed by atoms with Crippen molar-refractivity contribution in [2.45, 2.75) is 6.42 Å². The second-order valence-electron chi connectivity index (χ2n) is 2.26. The Kier molecular flexibility index (Phi) is 9.59. The summed E-state index contributed by atoms with van der Waals surface area (Å²) in [5.41, 5.74) is 2.04. The summed E-state index contributed by atoms with van der Waals surface area (Å²) in [6.45, 7) is 1.00. The van der Waals surface area contributed by atoms with E-state index in [1.54, 1.807) is 0 Å². The minimum atomic E-state index is -0.204. The van der Waals surface area contributed by atoms with Gasteiger partial charge in [-0.05, 0) is 7.05 Å². The van der Waals surface area contributed by atoms with E-state index in [1.807, 2.05) is 17.4 Å². The Balaban J connectivity index is 0. The first-order chi connectivity index (χ1) is 5.20. The molecule has 0 heterocycles. The molecular weight excluding hydrogens is 178 g/mol. The van der Waals surface area contributed by atoms with Crippen molar-refractivity contribution >= 4 is 18.3 Å². The summed E-state index contributed by atoms with van der Waals surface area (Å²) < 4.78 is 0. The summed E-state index contributed by atoms with van der Waals surface area (Å²) in [6, 6.07) is 0. The molecule has 0 unspecified atom stereocenters. The van der Waals surface area contributed by atoms with Crippen LogP contribution in [0.2, 0.25) is 0 Å². The average Bonchev–Trinajstić information content (AvgIpc) is 2.00. The van der Waals surface area contributed by atoms with Crippen molar-refractivity contribution < 1.29 is 4.79 Å². The largest absolute Gasteiger partial charge is 0.297 e. The second-order valence-corrected chi connectivity index (χ2v) is 2.26. The van der Waals surface area contributed by atoms with Gasteiger partial charge in [0.15, 0.2) is 0 Å². The molecule has 0 aliphatic heterocycles. The molecule has 0 aromatic carbocycles. The highest BCUT2D eigenvalue weighted by atomic mass is 35.5. The zero-order chi connectivity index (χ0) is 8.69. The fourth-order valence-electron chi connectivity index (χ4n) is 0.625. The third-order valence-electron chi connectivity index (χ3n) is 1.21. The summed E-state index contributed by atoms with van der Waals surface area (Å²) in [5, 5.41) is 0. The lowest BCUT2D eigenvalue weighted by molar-refractivity contribution is -0.122. The molecule has 0 aliphatic rings. The molecule has 5 heteroatoms. The van der Waals surface area contributed by atoms with Gasteiger partial charge in [0.05, 0.1) is 6.54 Å². The number of terminal acetylenes is 1. The highest BCUT2D eigenvalue weighted by molar-refractivity contribution is 5.85. The molecule has 0 aliphatic carbocycles. The van der Waals surface area contributed by atoms with E-state index in [2.05, 4.69) is 5.92 Å². The van der Waals surface area contributed by atoms with Crippen molar-refractivity contribution in [3.8, 4) is 12.3 Å². The van der Waals surface area contributed by atoms with Gasteiger partial charge in [-0.2, -0.15) is 0 Å². The maximum absolute atomic E-state index is 10.7. The van der Waals surface area contributed by atoms with Crippen LogP contribution in [0.4, 0.5) is 0 Å². The summed E-state index contributed by atoms with van der Waals surface area (Å²) in [6.07, 6.45) is 5.69. The van der Waals surface area contributed by atoms with E-state index in [1.165, 1.54) is 0 Å². The first kappa shape index (κ1) is 13.8. The Labute approximate surface area is 78.9 Å². The molecule has 0 rings (SSSR count). The predicted molar refractivity (Wildman–Crippen MR) is 50.5 cm³/mol. The summed E-state index contributed by atoms with van der Waals surface area (Å²) in [7, 11) is 1.81. The van der Waals surface area contributed by atoms with Crippen LogP contribution in [0.3, 0.4) is 0 Å². The molecule has 0 bridgehead atoms. The first-order valence-electron chi connectivity index (χ1n) is 3.32. The molecule has 1 amide bonds. The molecule has 3 N–H and O–H groups in total. The molecule has 12 heavy (non-hydrogen) atoms. The number of halogens is 1. The number of rotatable bonds is 4. The lowest BCUT2D eigenvalue weighted by Gasteiger charge is -2.12. The monoisotopic (exact) mass is 191 g/mol. The first-order valence-corrected chi connectivity index (χ1v) is 3.32. The lowest BCUT2D eigenvalue weighted by atomic mass is 10.4. The predicted octanol–water partition coefficient (Wildman–Crippen LogP) is -0.647. The standard InChI is InChI=1S/C7H13N3O.ClH/c1-3-4-5-10(2)6-7(11)9-8;/h1H,4-6,8H2,2H3,(H,9,11);1H. The second kappa shape index (κ2) is 8.34. The number of hydrogen-bond donors (Lipinski definition) is 2. The number of carbonyl (C=O) groups excluding carboxylic acids is 1. The van der Waals surface area contributed by atoms with Gasteiger partial charge in [0, 0.05) is 13.0 Å². The fraction of sp³-hybridized carbons (Fsp3) is 0.571. The van der Waals surface area contributed by atoms with E-state index in [4.69, 9.17) is 12.3 Å². The molecule has 0 atom stereocenters. The molecule has 0 radical (unpaired) electrons. The van der Waals surface area contributed by atoms with Crippen LogP contribution in [0, 0.1) is 12.3 Å². The Morgan fingerprint density at radius 3 is 2.75 bits per heavy atom. The minimum Gasteiger partial charge on any atom is -0.297 e. The maximum atomic E-state index is 10.7. The van der Waals surface area contributed by atoms with E-state index in [-0.39, 0.29) is 24.9 Å². The molecule has 70 valence electrons. The summed E-state index contributed by atoms with van der Waals surface area (Å²) >= 11 is 0. The van der Waals surface area contributed by atoms with Crippen LogP contribution >= 0.6 is 12.4 Å². The molecule has 0 saturated carbocycles. The molecule has 0 saturated heterocycles. The van der Waals surface area contributed by atoms with Crippen LogP contribution in [0.5, 0.6) is 0 Å². The fourth-order valence-corrected chi connectivity index (χ4v) is 0.625. The maximum Gasteiger partial charge on any atom is 0.248 e. The topological polar surface area (TPSA) is 58.4 Å². The van der Waals surface area contributed by atoms with Gasteiger partial charge in [-0.25, -0.2) is 5.84 Å². The van der Waals surface area contributed by atoms with Crippen molar-refractivity contribution in [2.75, 3.05) is 20.1 Å². The normalized spacial score (nSPS) is 8.50. The minimum absolute atomic E-state index is 0. The molecular formula is C7H14ClN3O. The van der Waals surface area contributed by atoms with Crippen LogP contribution in [0.15, 0.2) is 0 Å². The van der Waals surface area contributed by atoms with Gasteiger partial charge >= 0.3 is 0 Å². The van der Waals surface area contributed by atoms with Crippen molar-refractivity contribution in [1.29, 1.82) is 0 Å².